The topological polar surface area (TPSA) is 76.0 Å². The molecule has 1 aromatic heterocycles. The Bertz CT molecular complexity index is 1250. The first kappa shape index (κ1) is 20.3. The van der Waals surface area contributed by atoms with Crippen molar-refractivity contribution in [1.29, 1.82) is 0 Å². The number of rotatable bonds is 6. The van der Waals surface area contributed by atoms with Crippen molar-refractivity contribution in [1.82, 2.24) is 14.9 Å². The molecule has 2 N–H and O–H groups in total. The van der Waals surface area contributed by atoms with Gasteiger partial charge >= 0.3 is 0 Å². The second-order valence-corrected chi connectivity index (χ2v) is 7.21. The number of hydrogen-bond acceptors (Lipinski definition) is 3. The number of anilines is 1. The van der Waals surface area contributed by atoms with Gasteiger partial charge in [-0.3, -0.25) is 9.59 Å². The molecule has 4 aromatic rings. The number of halogens is 1. The Morgan fingerprint density at radius 3 is 2.55 bits per heavy atom. The van der Waals surface area contributed by atoms with Gasteiger partial charge in [0.05, 0.1) is 17.6 Å². The molecule has 0 radical (unpaired) electrons. The van der Waals surface area contributed by atoms with Crippen molar-refractivity contribution in [2.24, 2.45) is 0 Å². The average Bonchev–Trinajstić information content (AvgIpc) is 3.11. The molecule has 6 nitrogen and oxygen atoms in total. The summed E-state index contributed by atoms with van der Waals surface area (Å²) in [7, 11) is 0. The quantitative estimate of drug-likeness (QED) is 0.498. The van der Waals surface area contributed by atoms with Crippen LogP contribution in [0.2, 0.25) is 0 Å². The summed E-state index contributed by atoms with van der Waals surface area (Å²) in [6.45, 7) is 2.11. The highest BCUT2D eigenvalue weighted by atomic mass is 19.1. The van der Waals surface area contributed by atoms with Crippen molar-refractivity contribution in [3.63, 3.8) is 0 Å². The highest BCUT2D eigenvalue weighted by Gasteiger charge is 2.15. The molecule has 156 valence electrons. The zero-order chi connectivity index (χ0) is 21.8. The number of hydrogen-bond donors (Lipinski definition) is 2. The fourth-order valence-corrected chi connectivity index (χ4v) is 3.36. The van der Waals surface area contributed by atoms with Crippen LogP contribution in [-0.4, -0.2) is 21.4 Å². The predicted octanol–water partition coefficient (Wildman–Crippen LogP) is 4.05. The molecule has 2 amide bonds. The van der Waals surface area contributed by atoms with Gasteiger partial charge in [0, 0.05) is 11.3 Å². The molecule has 0 aliphatic heterocycles. The molecule has 0 aliphatic rings. The second kappa shape index (κ2) is 8.79. The van der Waals surface area contributed by atoms with Crippen molar-refractivity contribution in [3.8, 4) is 0 Å². The lowest BCUT2D eigenvalue weighted by molar-refractivity contribution is -0.116. The van der Waals surface area contributed by atoms with Crippen LogP contribution >= 0.6 is 0 Å². The molecule has 0 saturated heterocycles. The van der Waals surface area contributed by atoms with Crippen LogP contribution < -0.4 is 10.6 Å². The van der Waals surface area contributed by atoms with Crippen LogP contribution in [0.1, 0.15) is 21.7 Å². The van der Waals surface area contributed by atoms with Gasteiger partial charge in [-0.05, 0) is 55.5 Å². The standard InChI is InChI=1S/C24H21FN4O2/c1-16-5-4-6-17(13-16)24(31)26-14-22-28-20-7-2-3-8-21(20)29(22)15-23(30)27-19-11-9-18(25)10-12-19/h2-13H,14-15H2,1H3,(H,26,31)(H,27,30). The first-order chi connectivity index (χ1) is 15.0. The Balaban J connectivity index is 1.53. The minimum atomic E-state index is -0.370. The van der Waals surface area contributed by atoms with E-state index in [9.17, 15) is 14.0 Å². The van der Waals surface area contributed by atoms with Gasteiger partial charge in [-0.15, -0.1) is 0 Å². The highest BCUT2D eigenvalue weighted by Crippen LogP contribution is 2.17. The SMILES string of the molecule is Cc1cccc(C(=O)NCc2nc3ccccc3n2CC(=O)Nc2ccc(F)cc2)c1. The monoisotopic (exact) mass is 416 g/mol. The molecule has 0 aliphatic carbocycles. The number of aromatic nitrogens is 2. The van der Waals surface area contributed by atoms with Crippen LogP contribution in [0.5, 0.6) is 0 Å². The second-order valence-electron chi connectivity index (χ2n) is 7.21. The number of nitrogens with zero attached hydrogens (tertiary/aromatic N) is 2. The lowest BCUT2D eigenvalue weighted by atomic mass is 10.1. The van der Waals surface area contributed by atoms with Gasteiger partial charge < -0.3 is 15.2 Å². The molecule has 0 bridgehead atoms. The van der Waals surface area contributed by atoms with E-state index in [2.05, 4.69) is 15.6 Å². The minimum Gasteiger partial charge on any atom is -0.345 e. The fraction of sp³-hybridized carbons (Fsp3) is 0.125. The molecule has 0 saturated carbocycles. The van der Waals surface area contributed by atoms with Gasteiger partial charge in [0.15, 0.2) is 0 Å². The maximum atomic E-state index is 13.1. The summed E-state index contributed by atoms with van der Waals surface area (Å²) < 4.78 is 14.9. The van der Waals surface area contributed by atoms with Crippen molar-refractivity contribution < 1.29 is 14.0 Å². The Hall–Kier alpha value is -4.00. The van der Waals surface area contributed by atoms with Gasteiger partial charge in [0.2, 0.25) is 5.91 Å². The van der Waals surface area contributed by atoms with Gasteiger partial charge in [0.25, 0.3) is 5.91 Å². The zero-order valence-electron chi connectivity index (χ0n) is 16.9. The summed E-state index contributed by atoms with van der Waals surface area (Å²) >= 11 is 0. The van der Waals surface area contributed by atoms with E-state index < -0.39 is 0 Å². The molecule has 31 heavy (non-hydrogen) atoms. The molecule has 0 fully saturated rings. The van der Waals surface area contributed by atoms with E-state index in [4.69, 9.17) is 0 Å². The van der Waals surface area contributed by atoms with E-state index in [0.29, 0.717) is 17.1 Å². The number of imidazole rings is 1. The number of carbonyl (C=O) groups is 2. The maximum Gasteiger partial charge on any atom is 0.251 e. The number of fused-ring (bicyclic) bond motifs is 1. The smallest absolute Gasteiger partial charge is 0.251 e. The number of aryl methyl sites for hydroxylation is 1. The summed E-state index contributed by atoms with van der Waals surface area (Å²) in [4.78, 5) is 29.7. The molecule has 0 atom stereocenters. The molecule has 0 spiro atoms. The number of nitrogens with one attached hydrogen (secondary N) is 2. The first-order valence-corrected chi connectivity index (χ1v) is 9.84. The lowest BCUT2D eigenvalue weighted by Gasteiger charge is -2.11. The summed E-state index contributed by atoms with van der Waals surface area (Å²) in [6.07, 6.45) is 0. The van der Waals surface area contributed by atoms with E-state index in [0.717, 1.165) is 16.6 Å². The zero-order valence-corrected chi connectivity index (χ0v) is 16.9. The molecular formula is C24H21FN4O2. The number of benzene rings is 3. The van der Waals surface area contributed by atoms with Crippen LogP contribution in [0.3, 0.4) is 0 Å². The summed E-state index contributed by atoms with van der Waals surface area (Å²) in [5.74, 6) is -0.291. The molecule has 3 aromatic carbocycles. The lowest BCUT2D eigenvalue weighted by Crippen LogP contribution is -2.26. The highest BCUT2D eigenvalue weighted by molar-refractivity contribution is 5.94. The average molecular weight is 416 g/mol. The van der Waals surface area contributed by atoms with Crippen LogP contribution in [0.25, 0.3) is 11.0 Å². The van der Waals surface area contributed by atoms with Gasteiger partial charge in [-0.2, -0.15) is 0 Å². The van der Waals surface area contributed by atoms with Crippen molar-refractivity contribution >= 4 is 28.5 Å². The Labute approximate surface area is 178 Å². The minimum absolute atomic E-state index is 0.00748. The van der Waals surface area contributed by atoms with Gasteiger partial charge in [-0.1, -0.05) is 29.8 Å². The maximum absolute atomic E-state index is 13.1. The van der Waals surface area contributed by atoms with E-state index >= 15 is 0 Å². The predicted molar refractivity (Wildman–Crippen MR) is 117 cm³/mol. The first-order valence-electron chi connectivity index (χ1n) is 9.84. The van der Waals surface area contributed by atoms with Gasteiger partial charge in [-0.25, -0.2) is 9.37 Å². The fourth-order valence-electron chi connectivity index (χ4n) is 3.36. The largest absolute Gasteiger partial charge is 0.345 e. The van der Waals surface area contributed by atoms with Crippen LogP contribution in [0, 0.1) is 12.7 Å². The number of amides is 2. The summed E-state index contributed by atoms with van der Waals surface area (Å²) in [6, 6.07) is 20.4. The Morgan fingerprint density at radius 2 is 1.77 bits per heavy atom. The van der Waals surface area contributed by atoms with E-state index in [1.54, 1.807) is 10.6 Å². The third-order valence-electron chi connectivity index (χ3n) is 4.85. The third-order valence-corrected chi connectivity index (χ3v) is 4.85. The normalized spacial score (nSPS) is 10.8. The van der Waals surface area contributed by atoms with Crippen molar-refractivity contribution in [2.45, 2.75) is 20.0 Å². The molecule has 1 heterocycles. The van der Waals surface area contributed by atoms with Crippen LogP contribution in [0.4, 0.5) is 10.1 Å². The number of para-hydroxylation sites is 2. The van der Waals surface area contributed by atoms with Crippen molar-refractivity contribution in [2.75, 3.05) is 5.32 Å². The van der Waals surface area contributed by atoms with E-state index in [1.165, 1.54) is 24.3 Å². The van der Waals surface area contributed by atoms with Crippen LogP contribution in [-0.2, 0) is 17.9 Å². The Morgan fingerprint density at radius 1 is 1.00 bits per heavy atom. The van der Waals surface area contributed by atoms with Crippen molar-refractivity contribution in [3.05, 3.63) is 95.6 Å². The van der Waals surface area contributed by atoms with E-state index in [1.807, 2.05) is 49.4 Å². The van der Waals surface area contributed by atoms with Crippen LogP contribution in [0.15, 0.2) is 72.8 Å². The third kappa shape index (κ3) is 4.78. The molecule has 4 rings (SSSR count). The number of carbonyl (C=O) groups excluding carboxylic acids is 2. The van der Waals surface area contributed by atoms with Gasteiger partial charge in [0.1, 0.15) is 18.2 Å². The Kier molecular flexibility index (Phi) is 5.75. The molecule has 0 unspecified atom stereocenters. The summed E-state index contributed by atoms with van der Waals surface area (Å²) in [5.41, 5.74) is 3.59. The molecular weight excluding hydrogens is 395 g/mol. The summed E-state index contributed by atoms with van der Waals surface area (Å²) in [5, 5.41) is 5.63. The van der Waals surface area contributed by atoms with E-state index in [-0.39, 0.29) is 30.7 Å². The molecule has 7 heteroatoms.